The molecule has 1 N–H and O–H groups in total. The molecule has 0 spiro atoms. The maximum atomic E-state index is 5.90. The Morgan fingerprint density at radius 2 is 2.00 bits per heavy atom. The van der Waals surface area contributed by atoms with E-state index in [4.69, 9.17) is 9.47 Å². The lowest BCUT2D eigenvalue weighted by Gasteiger charge is -2.17. The van der Waals surface area contributed by atoms with Gasteiger partial charge in [0.15, 0.2) is 11.5 Å². The first kappa shape index (κ1) is 13.7. The Morgan fingerprint density at radius 3 is 2.67 bits per heavy atom. The summed E-state index contributed by atoms with van der Waals surface area (Å²) in [6, 6.07) is 2.17. The lowest BCUT2D eigenvalue weighted by Crippen LogP contribution is -2.12. The molecule has 0 aromatic heterocycles. The number of fused-ring (bicyclic) bond motifs is 1. The third kappa shape index (κ3) is 2.81. The highest BCUT2D eigenvalue weighted by molar-refractivity contribution is 9.10. The molecule has 100 valence electrons. The van der Waals surface area contributed by atoms with Crippen LogP contribution in [0.4, 0.5) is 0 Å². The van der Waals surface area contributed by atoms with Crippen molar-refractivity contribution in [2.45, 2.75) is 26.2 Å². The molecule has 0 bridgehead atoms. The number of likely N-dealkylation sites (N-methyl/N-ethyl adjacent to an activating group) is 1. The van der Waals surface area contributed by atoms with Crippen molar-refractivity contribution in [1.82, 2.24) is 5.32 Å². The summed E-state index contributed by atoms with van der Waals surface area (Å²) in [6.45, 7) is 4.60. The van der Waals surface area contributed by atoms with Gasteiger partial charge in [0.25, 0.3) is 0 Å². The Labute approximate surface area is 117 Å². The molecule has 1 aliphatic rings. The van der Waals surface area contributed by atoms with Crippen molar-refractivity contribution in [3.63, 3.8) is 0 Å². The number of hydrogen-bond acceptors (Lipinski definition) is 3. The van der Waals surface area contributed by atoms with Gasteiger partial charge in [0.1, 0.15) is 0 Å². The highest BCUT2D eigenvalue weighted by atomic mass is 79.9. The highest BCUT2D eigenvalue weighted by Crippen LogP contribution is 2.42. The van der Waals surface area contributed by atoms with E-state index in [1.807, 2.05) is 7.05 Å². The summed E-state index contributed by atoms with van der Waals surface area (Å²) < 4.78 is 12.7. The second kappa shape index (κ2) is 6.43. The van der Waals surface area contributed by atoms with E-state index in [9.17, 15) is 0 Å². The summed E-state index contributed by atoms with van der Waals surface area (Å²) in [4.78, 5) is 0. The number of benzene rings is 1. The minimum Gasteiger partial charge on any atom is -0.489 e. The maximum absolute atomic E-state index is 5.90. The van der Waals surface area contributed by atoms with Crippen molar-refractivity contribution in [3.8, 4) is 11.5 Å². The summed E-state index contributed by atoms with van der Waals surface area (Å²) in [5, 5.41) is 3.19. The van der Waals surface area contributed by atoms with E-state index in [1.54, 1.807) is 0 Å². The standard InChI is InChI=1S/C14H20BrNO2/c1-3-11-10(5-6-16-2)9-12(15)14-13(11)17-7-4-8-18-14/h9,16H,3-8H2,1-2H3. The minimum atomic E-state index is 0.727. The zero-order valence-electron chi connectivity index (χ0n) is 11.0. The molecule has 0 fully saturated rings. The fourth-order valence-corrected chi connectivity index (χ4v) is 2.83. The van der Waals surface area contributed by atoms with Crippen LogP contribution in [0.2, 0.25) is 0 Å². The van der Waals surface area contributed by atoms with E-state index in [0.29, 0.717) is 0 Å². The highest BCUT2D eigenvalue weighted by Gasteiger charge is 2.20. The van der Waals surface area contributed by atoms with Gasteiger partial charge in [-0.3, -0.25) is 0 Å². The molecular weight excluding hydrogens is 294 g/mol. The van der Waals surface area contributed by atoms with E-state index < -0.39 is 0 Å². The summed E-state index contributed by atoms with van der Waals surface area (Å²) >= 11 is 3.60. The molecule has 4 heteroatoms. The van der Waals surface area contributed by atoms with Crippen LogP contribution in [0.3, 0.4) is 0 Å². The van der Waals surface area contributed by atoms with Gasteiger partial charge < -0.3 is 14.8 Å². The lowest BCUT2D eigenvalue weighted by atomic mass is 10.0. The molecule has 0 atom stereocenters. The summed E-state index contributed by atoms with van der Waals surface area (Å²) in [5.74, 6) is 1.81. The first-order valence-electron chi connectivity index (χ1n) is 6.52. The Kier molecular flexibility index (Phi) is 4.89. The average Bonchev–Trinajstić information content (AvgIpc) is 2.62. The number of hydrogen-bond donors (Lipinski definition) is 1. The largest absolute Gasteiger partial charge is 0.489 e. The molecule has 0 unspecified atom stereocenters. The molecule has 2 rings (SSSR count). The molecule has 0 saturated heterocycles. The third-order valence-corrected chi connectivity index (χ3v) is 3.75. The van der Waals surface area contributed by atoms with Crippen LogP contribution in [0, 0.1) is 0 Å². The van der Waals surface area contributed by atoms with Crippen molar-refractivity contribution >= 4 is 15.9 Å². The summed E-state index contributed by atoms with van der Waals surface area (Å²) in [5.41, 5.74) is 2.62. The molecule has 18 heavy (non-hydrogen) atoms. The molecule has 1 aromatic carbocycles. The van der Waals surface area contributed by atoms with E-state index >= 15 is 0 Å². The minimum absolute atomic E-state index is 0.727. The van der Waals surface area contributed by atoms with E-state index in [2.05, 4.69) is 34.2 Å². The van der Waals surface area contributed by atoms with Gasteiger partial charge >= 0.3 is 0 Å². The average molecular weight is 314 g/mol. The first-order valence-corrected chi connectivity index (χ1v) is 7.31. The van der Waals surface area contributed by atoms with Gasteiger partial charge in [-0.2, -0.15) is 0 Å². The Morgan fingerprint density at radius 1 is 1.28 bits per heavy atom. The van der Waals surface area contributed by atoms with Crippen LogP contribution in [0.25, 0.3) is 0 Å². The van der Waals surface area contributed by atoms with Crippen LogP contribution >= 0.6 is 15.9 Å². The van der Waals surface area contributed by atoms with E-state index in [-0.39, 0.29) is 0 Å². The van der Waals surface area contributed by atoms with Crippen LogP contribution in [0.15, 0.2) is 10.5 Å². The smallest absolute Gasteiger partial charge is 0.175 e. The second-order valence-corrected chi connectivity index (χ2v) is 5.27. The van der Waals surface area contributed by atoms with E-state index in [0.717, 1.165) is 55.0 Å². The molecule has 1 aliphatic heterocycles. The summed E-state index contributed by atoms with van der Waals surface area (Å²) in [7, 11) is 1.98. The number of nitrogens with one attached hydrogen (secondary N) is 1. The quantitative estimate of drug-likeness (QED) is 0.927. The SMILES string of the molecule is CCc1c(CCNC)cc(Br)c2c1OCCCO2. The van der Waals surface area contributed by atoms with Crippen molar-refractivity contribution in [2.24, 2.45) is 0 Å². The Balaban J connectivity index is 2.43. The van der Waals surface area contributed by atoms with Gasteiger partial charge in [0.05, 0.1) is 17.7 Å². The molecule has 1 heterocycles. The van der Waals surface area contributed by atoms with Crippen LogP contribution < -0.4 is 14.8 Å². The second-order valence-electron chi connectivity index (χ2n) is 4.41. The van der Waals surface area contributed by atoms with Gasteiger partial charge in [0.2, 0.25) is 0 Å². The van der Waals surface area contributed by atoms with Gasteiger partial charge in [0, 0.05) is 12.0 Å². The molecule has 0 amide bonds. The fourth-order valence-electron chi connectivity index (χ4n) is 2.26. The van der Waals surface area contributed by atoms with Crippen molar-refractivity contribution < 1.29 is 9.47 Å². The monoisotopic (exact) mass is 313 g/mol. The zero-order chi connectivity index (χ0) is 13.0. The molecule has 0 radical (unpaired) electrons. The lowest BCUT2D eigenvalue weighted by molar-refractivity contribution is 0.295. The van der Waals surface area contributed by atoms with Gasteiger partial charge in [-0.25, -0.2) is 0 Å². The molecule has 3 nitrogen and oxygen atoms in total. The Bertz CT molecular complexity index is 421. The van der Waals surface area contributed by atoms with Crippen molar-refractivity contribution in [1.29, 1.82) is 0 Å². The first-order chi connectivity index (χ1) is 8.77. The van der Waals surface area contributed by atoms with Crippen molar-refractivity contribution in [3.05, 3.63) is 21.7 Å². The van der Waals surface area contributed by atoms with Crippen LogP contribution in [0.1, 0.15) is 24.5 Å². The predicted octanol–water partition coefficient (Wildman–Crippen LogP) is 2.93. The van der Waals surface area contributed by atoms with Crippen LogP contribution in [-0.2, 0) is 12.8 Å². The van der Waals surface area contributed by atoms with Gasteiger partial charge in [-0.15, -0.1) is 0 Å². The predicted molar refractivity (Wildman–Crippen MR) is 76.8 cm³/mol. The number of ether oxygens (including phenoxy) is 2. The molecule has 1 aromatic rings. The zero-order valence-corrected chi connectivity index (χ0v) is 12.6. The fraction of sp³-hybridized carbons (Fsp3) is 0.571. The number of halogens is 1. The third-order valence-electron chi connectivity index (χ3n) is 3.17. The van der Waals surface area contributed by atoms with Gasteiger partial charge in [-0.05, 0) is 54.0 Å². The van der Waals surface area contributed by atoms with Crippen LogP contribution in [0.5, 0.6) is 11.5 Å². The van der Waals surface area contributed by atoms with Crippen LogP contribution in [-0.4, -0.2) is 26.8 Å². The Hall–Kier alpha value is -0.740. The molecule has 0 saturated carbocycles. The maximum Gasteiger partial charge on any atom is 0.175 e. The molecular formula is C14H20BrNO2. The number of rotatable bonds is 4. The molecule has 0 aliphatic carbocycles. The van der Waals surface area contributed by atoms with Gasteiger partial charge in [-0.1, -0.05) is 6.92 Å². The summed E-state index contributed by atoms with van der Waals surface area (Å²) in [6.07, 6.45) is 2.92. The normalized spacial score (nSPS) is 14.4. The van der Waals surface area contributed by atoms with Crippen molar-refractivity contribution in [2.75, 3.05) is 26.8 Å². The van der Waals surface area contributed by atoms with E-state index in [1.165, 1.54) is 11.1 Å². The topological polar surface area (TPSA) is 30.5 Å².